The van der Waals surface area contributed by atoms with E-state index in [9.17, 15) is 9.59 Å². The van der Waals surface area contributed by atoms with Gasteiger partial charge in [0.2, 0.25) is 5.91 Å². The Morgan fingerprint density at radius 2 is 2.00 bits per heavy atom. The maximum Gasteiger partial charge on any atom is 0.251 e. The lowest BCUT2D eigenvalue weighted by Crippen LogP contribution is -2.24. The van der Waals surface area contributed by atoms with E-state index in [4.69, 9.17) is 17.3 Å². The van der Waals surface area contributed by atoms with E-state index in [1.807, 2.05) is 24.3 Å². The predicted octanol–water partition coefficient (Wildman–Crippen LogP) is 4.99. The molecule has 7 nitrogen and oxygen atoms in total. The van der Waals surface area contributed by atoms with E-state index >= 15 is 0 Å². The van der Waals surface area contributed by atoms with Crippen molar-refractivity contribution in [3.05, 3.63) is 46.3 Å². The standard InChI is InChI=1S/C21H22ClN5O2S2/c1-12(19(29)24-20-15(17(23)28)10-11-30-20)31-21-26-25-18(14-8-4-5-9-16(14)22)27(21)13-6-2-3-7-13/h4-5,8-13H,2-3,6-7H2,1H3,(H2,23,28)(H,24,29)/t12-/m1/s1. The number of nitrogens with one attached hydrogen (secondary N) is 1. The molecule has 31 heavy (non-hydrogen) atoms. The molecule has 3 N–H and O–H groups in total. The van der Waals surface area contributed by atoms with Crippen molar-refractivity contribution in [1.82, 2.24) is 14.8 Å². The number of amides is 2. The summed E-state index contributed by atoms with van der Waals surface area (Å²) in [5.41, 5.74) is 6.51. The number of thioether (sulfide) groups is 1. The van der Waals surface area contributed by atoms with Crippen LogP contribution in [0.4, 0.5) is 5.00 Å². The Labute approximate surface area is 193 Å². The van der Waals surface area contributed by atoms with Crippen LogP contribution in [0.3, 0.4) is 0 Å². The smallest absolute Gasteiger partial charge is 0.251 e. The average molecular weight is 476 g/mol. The van der Waals surface area contributed by atoms with E-state index in [0.717, 1.165) is 37.1 Å². The van der Waals surface area contributed by atoms with Crippen LogP contribution in [0, 0.1) is 0 Å². The zero-order chi connectivity index (χ0) is 22.0. The molecule has 0 bridgehead atoms. The quantitative estimate of drug-likeness (QED) is 0.468. The van der Waals surface area contributed by atoms with E-state index < -0.39 is 11.2 Å². The van der Waals surface area contributed by atoms with E-state index in [1.54, 1.807) is 18.4 Å². The molecule has 0 aliphatic heterocycles. The van der Waals surface area contributed by atoms with Crippen LogP contribution in [0.2, 0.25) is 5.02 Å². The number of anilines is 1. The molecule has 1 fully saturated rings. The maximum atomic E-state index is 12.8. The van der Waals surface area contributed by atoms with Gasteiger partial charge in [0, 0.05) is 11.6 Å². The van der Waals surface area contributed by atoms with Gasteiger partial charge in [0.1, 0.15) is 5.00 Å². The Balaban J connectivity index is 1.59. The summed E-state index contributed by atoms with van der Waals surface area (Å²) in [6, 6.07) is 9.46. The van der Waals surface area contributed by atoms with Crippen molar-refractivity contribution in [3.8, 4) is 11.4 Å². The molecular formula is C21H22ClN5O2S2. The summed E-state index contributed by atoms with van der Waals surface area (Å²) < 4.78 is 2.13. The molecular weight excluding hydrogens is 454 g/mol. The number of aromatic nitrogens is 3. The van der Waals surface area contributed by atoms with Crippen LogP contribution in [-0.2, 0) is 4.79 Å². The van der Waals surface area contributed by atoms with Crippen LogP contribution in [0.15, 0.2) is 40.9 Å². The summed E-state index contributed by atoms with van der Waals surface area (Å²) in [5.74, 6) is -0.0701. The first-order valence-electron chi connectivity index (χ1n) is 10.0. The number of carbonyl (C=O) groups is 2. The summed E-state index contributed by atoms with van der Waals surface area (Å²) in [4.78, 5) is 24.3. The Morgan fingerprint density at radius 3 is 2.71 bits per heavy atom. The zero-order valence-electron chi connectivity index (χ0n) is 16.9. The summed E-state index contributed by atoms with van der Waals surface area (Å²) in [6.07, 6.45) is 4.39. The number of primary amides is 1. The van der Waals surface area contributed by atoms with Crippen molar-refractivity contribution in [3.63, 3.8) is 0 Å². The van der Waals surface area contributed by atoms with E-state index in [-0.39, 0.29) is 11.9 Å². The van der Waals surface area contributed by atoms with Crippen LogP contribution in [0.5, 0.6) is 0 Å². The molecule has 3 aromatic rings. The van der Waals surface area contributed by atoms with E-state index in [1.165, 1.54) is 23.1 Å². The monoisotopic (exact) mass is 475 g/mol. The number of hydrogen-bond acceptors (Lipinski definition) is 6. The van der Waals surface area contributed by atoms with Gasteiger partial charge in [-0.2, -0.15) is 0 Å². The molecule has 2 aromatic heterocycles. The molecule has 0 unspecified atom stereocenters. The van der Waals surface area contributed by atoms with Gasteiger partial charge in [-0.3, -0.25) is 14.2 Å². The van der Waals surface area contributed by atoms with Crippen molar-refractivity contribution < 1.29 is 9.59 Å². The first kappa shape index (κ1) is 21.9. The largest absolute Gasteiger partial charge is 0.366 e. The lowest BCUT2D eigenvalue weighted by molar-refractivity contribution is -0.115. The molecule has 0 radical (unpaired) electrons. The van der Waals surface area contributed by atoms with Crippen LogP contribution in [0.1, 0.15) is 49.0 Å². The fraction of sp³-hybridized carbons (Fsp3) is 0.333. The van der Waals surface area contributed by atoms with Gasteiger partial charge in [-0.25, -0.2) is 0 Å². The number of halogens is 1. The van der Waals surface area contributed by atoms with Gasteiger partial charge in [0.15, 0.2) is 11.0 Å². The maximum absolute atomic E-state index is 12.8. The van der Waals surface area contributed by atoms with Crippen LogP contribution in [-0.4, -0.2) is 31.8 Å². The minimum atomic E-state index is -0.567. The van der Waals surface area contributed by atoms with Gasteiger partial charge >= 0.3 is 0 Å². The number of carbonyl (C=O) groups excluding carboxylic acids is 2. The Morgan fingerprint density at radius 1 is 1.26 bits per heavy atom. The first-order valence-corrected chi connectivity index (χ1v) is 12.1. The summed E-state index contributed by atoms with van der Waals surface area (Å²) in [7, 11) is 0. The van der Waals surface area contributed by atoms with E-state index in [2.05, 4.69) is 20.1 Å². The number of nitrogens with two attached hydrogens (primary N) is 1. The second kappa shape index (κ2) is 9.42. The lowest BCUT2D eigenvalue weighted by Gasteiger charge is -2.19. The van der Waals surface area contributed by atoms with Gasteiger partial charge in [0.25, 0.3) is 5.91 Å². The minimum Gasteiger partial charge on any atom is -0.366 e. The Kier molecular flexibility index (Phi) is 6.64. The van der Waals surface area contributed by atoms with Crippen molar-refractivity contribution in [2.45, 2.75) is 49.1 Å². The highest BCUT2D eigenvalue weighted by molar-refractivity contribution is 8.00. The highest BCUT2D eigenvalue weighted by Crippen LogP contribution is 2.39. The molecule has 0 saturated heterocycles. The number of nitrogens with zero attached hydrogens (tertiary/aromatic N) is 3. The average Bonchev–Trinajstić information content (AvgIpc) is 3.48. The molecule has 2 heterocycles. The lowest BCUT2D eigenvalue weighted by atomic mass is 10.2. The molecule has 1 aliphatic rings. The molecule has 1 aliphatic carbocycles. The van der Waals surface area contributed by atoms with Gasteiger partial charge < -0.3 is 11.1 Å². The number of thiophene rings is 1. The SMILES string of the molecule is C[C@@H](Sc1nnc(-c2ccccc2Cl)n1C1CCCC1)C(=O)Nc1sccc1C(N)=O. The first-order chi connectivity index (χ1) is 15.0. The molecule has 1 atom stereocenters. The fourth-order valence-electron chi connectivity index (χ4n) is 3.70. The summed E-state index contributed by atoms with van der Waals surface area (Å²) in [6.45, 7) is 1.81. The molecule has 1 aromatic carbocycles. The predicted molar refractivity (Wildman–Crippen MR) is 125 cm³/mol. The van der Waals surface area contributed by atoms with Crippen molar-refractivity contribution in [2.75, 3.05) is 5.32 Å². The van der Waals surface area contributed by atoms with Gasteiger partial charge in [-0.05, 0) is 43.3 Å². The van der Waals surface area contributed by atoms with Gasteiger partial charge in [-0.1, -0.05) is 48.3 Å². The number of benzene rings is 1. The van der Waals surface area contributed by atoms with Crippen molar-refractivity contribution in [1.29, 1.82) is 0 Å². The molecule has 0 spiro atoms. The second-order valence-electron chi connectivity index (χ2n) is 7.37. The molecule has 2 amide bonds. The molecule has 4 rings (SSSR count). The van der Waals surface area contributed by atoms with Crippen LogP contribution >= 0.6 is 34.7 Å². The number of hydrogen-bond donors (Lipinski definition) is 2. The highest BCUT2D eigenvalue weighted by Gasteiger charge is 2.28. The second-order valence-corrected chi connectivity index (χ2v) is 10.0. The van der Waals surface area contributed by atoms with Gasteiger partial charge in [0.05, 0.1) is 15.8 Å². The zero-order valence-corrected chi connectivity index (χ0v) is 19.3. The van der Waals surface area contributed by atoms with Gasteiger partial charge in [-0.15, -0.1) is 21.5 Å². The highest BCUT2D eigenvalue weighted by atomic mass is 35.5. The molecule has 162 valence electrons. The normalized spacial score (nSPS) is 15.2. The third-order valence-corrected chi connectivity index (χ3v) is 7.50. The molecule has 1 saturated carbocycles. The summed E-state index contributed by atoms with van der Waals surface area (Å²) in [5, 5.41) is 14.7. The van der Waals surface area contributed by atoms with Crippen molar-refractivity contribution >= 4 is 51.5 Å². The van der Waals surface area contributed by atoms with Crippen LogP contribution in [0.25, 0.3) is 11.4 Å². The summed E-state index contributed by atoms with van der Waals surface area (Å²) >= 11 is 9.05. The third-order valence-electron chi connectivity index (χ3n) is 5.29. The van der Waals surface area contributed by atoms with Crippen molar-refractivity contribution in [2.24, 2.45) is 5.73 Å². The van der Waals surface area contributed by atoms with Crippen LogP contribution < -0.4 is 11.1 Å². The number of rotatable bonds is 7. The van der Waals surface area contributed by atoms with E-state index in [0.29, 0.717) is 20.7 Å². The minimum absolute atomic E-state index is 0.227. The topological polar surface area (TPSA) is 103 Å². The third kappa shape index (κ3) is 4.63. The molecule has 10 heteroatoms. The Bertz CT molecular complexity index is 1110. The fourth-order valence-corrected chi connectivity index (χ4v) is 5.64. The Hall–Kier alpha value is -2.36.